The van der Waals surface area contributed by atoms with Crippen LogP contribution in [0.25, 0.3) is 33.9 Å². The molecule has 0 unspecified atom stereocenters. The molecule has 0 spiro atoms. The number of primary amides is 1. The standard InChI is InChI=1S/C28H26N4O3/c1-27(34)14-28(30,15-27)20-10-7-17(8-11-20)23-24(18-5-3-2-4-6-18)32-16-35-22-12-9-19(25(29)33)13-21(22)26(32)31-23/h2-13,34H,14-16,30H2,1H3,(H2,29,33)/t27-,28-. The quantitative estimate of drug-likeness (QED) is 0.420. The molecule has 7 heteroatoms. The van der Waals surface area contributed by atoms with E-state index in [-0.39, 0.29) is 0 Å². The van der Waals surface area contributed by atoms with Crippen LogP contribution in [0.4, 0.5) is 0 Å². The number of carbonyl (C=O) groups excluding carboxylic acids is 1. The molecule has 0 bridgehead atoms. The second kappa shape index (κ2) is 7.53. The summed E-state index contributed by atoms with van der Waals surface area (Å²) in [6, 6.07) is 23.3. The van der Waals surface area contributed by atoms with Crippen molar-refractivity contribution in [2.24, 2.45) is 11.5 Å². The van der Waals surface area contributed by atoms with Gasteiger partial charge in [0, 0.05) is 22.2 Å². The van der Waals surface area contributed by atoms with E-state index in [0.717, 1.165) is 39.5 Å². The minimum atomic E-state index is -0.714. The number of ether oxygens (including phenoxy) is 1. The van der Waals surface area contributed by atoms with Crippen molar-refractivity contribution in [1.29, 1.82) is 0 Å². The number of nitrogens with zero attached hydrogens (tertiary/aromatic N) is 2. The summed E-state index contributed by atoms with van der Waals surface area (Å²) >= 11 is 0. The van der Waals surface area contributed by atoms with Crippen LogP contribution in [-0.4, -0.2) is 26.2 Å². The van der Waals surface area contributed by atoms with Crippen LogP contribution in [0.1, 0.15) is 35.7 Å². The molecule has 3 aromatic carbocycles. The molecule has 5 N–H and O–H groups in total. The third-order valence-corrected chi connectivity index (χ3v) is 6.99. The summed E-state index contributed by atoms with van der Waals surface area (Å²) in [4.78, 5) is 16.9. The molecule has 7 nitrogen and oxygen atoms in total. The first-order valence-corrected chi connectivity index (χ1v) is 11.6. The fourth-order valence-electron chi connectivity index (χ4n) is 5.46. The first-order valence-electron chi connectivity index (χ1n) is 11.6. The van der Waals surface area contributed by atoms with Crippen LogP contribution in [0.2, 0.25) is 0 Å². The zero-order chi connectivity index (χ0) is 24.4. The number of nitrogens with two attached hydrogens (primary N) is 2. The molecule has 6 rings (SSSR count). The summed E-state index contributed by atoms with van der Waals surface area (Å²) in [5.41, 5.74) is 16.7. The molecule has 1 aliphatic heterocycles. The number of carbonyl (C=O) groups is 1. The summed E-state index contributed by atoms with van der Waals surface area (Å²) in [7, 11) is 0. The van der Waals surface area contributed by atoms with Gasteiger partial charge in [0.1, 0.15) is 11.6 Å². The maximum atomic E-state index is 11.8. The minimum absolute atomic E-state index is 0.300. The van der Waals surface area contributed by atoms with Gasteiger partial charge in [-0.2, -0.15) is 0 Å². The smallest absolute Gasteiger partial charge is 0.248 e. The molecular weight excluding hydrogens is 440 g/mol. The van der Waals surface area contributed by atoms with Gasteiger partial charge in [0.05, 0.1) is 22.6 Å². The van der Waals surface area contributed by atoms with Crippen LogP contribution in [0.5, 0.6) is 5.75 Å². The van der Waals surface area contributed by atoms with Crippen LogP contribution >= 0.6 is 0 Å². The van der Waals surface area contributed by atoms with E-state index < -0.39 is 17.0 Å². The van der Waals surface area contributed by atoms with Crippen LogP contribution in [-0.2, 0) is 12.3 Å². The van der Waals surface area contributed by atoms with Crippen molar-refractivity contribution < 1.29 is 14.6 Å². The molecule has 176 valence electrons. The molecule has 1 amide bonds. The predicted octanol–water partition coefficient (Wildman–Crippen LogP) is 4.03. The topological polar surface area (TPSA) is 116 Å². The average Bonchev–Trinajstić information content (AvgIpc) is 3.23. The van der Waals surface area contributed by atoms with Gasteiger partial charge in [-0.1, -0.05) is 54.6 Å². The van der Waals surface area contributed by atoms with Crippen LogP contribution in [0.15, 0.2) is 72.8 Å². The molecule has 1 aliphatic carbocycles. The number of imidazole rings is 1. The third kappa shape index (κ3) is 3.51. The molecule has 2 heterocycles. The van der Waals surface area contributed by atoms with Crippen molar-refractivity contribution in [2.75, 3.05) is 0 Å². The van der Waals surface area contributed by atoms with Crippen LogP contribution < -0.4 is 16.2 Å². The van der Waals surface area contributed by atoms with E-state index in [1.807, 2.05) is 66.1 Å². The second-order valence-electron chi connectivity index (χ2n) is 9.86. The van der Waals surface area contributed by atoms with E-state index in [9.17, 15) is 9.90 Å². The lowest BCUT2D eigenvalue weighted by Gasteiger charge is -2.49. The summed E-state index contributed by atoms with van der Waals surface area (Å²) in [5.74, 6) is 0.884. The third-order valence-electron chi connectivity index (χ3n) is 6.99. The highest BCUT2D eigenvalue weighted by atomic mass is 16.5. The Labute approximate surface area is 203 Å². The number of benzene rings is 3. The molecule has 0 atom stereocenters. The predicted molar refractivity (Wildman–Crippen MR) is 133 cm³/mol. The highest BCUT2D eigenvalue weighted by Gasteiger charge is 2.49. The minimum Gasteiger partial charge on any atom is -0.472 e. The Kier molecular flexibility index (Phi) is 4.64. The first-order chi connectivity index (χ1) is 16.7. The van der Waals surface area contributed by atoms with Crippen molar-refractivity contribution in [1.82, 2.24) is 9.55 Å². The molecule has 4 aromatic rings. The molecular formula is C28H26N4O3. The van der Waals surface area contributed by atoms with Gasteiger partial charge in [0.2, 0.25) is 5.91 Å². The summed E-state index contributed by atoms with van der Waals surface area (Å²) in [6.45, 7) is 2.12. The number of hydrogen-bond acceptors (Lipinski definition) is 5. The van der Waals surface area contributed by atoms with E-state index in [2.05, 4.69) is 0 Å². The number of rotatable bonds is 4. The van der Waals surface area contributed by atoms with Crippen molar-refractivity contribution in [3.63, 3.8) is 0 Å². The Balaban J connectivity index is 1.49. The van der Waals surface area contributed by atoms with Crippen molar-refractivity contribution in [2.45, 2.75) is 37.6 Å². The fourth-order valence-corrected chi connectivity index (χ4v) is 5.46. The highest BCUT2D eigenvalue weighted by Crippen LogP contribution is 2.47. The van der Waals surface area contributed by atoms with Crippen LogP contribution in [0, 0.1) is 0 Å². The lowest BCUT2D eigenvalue weighted by molar-refractivity contribution is -0.0738. The Hall–Kier alpha value is -3.94. The molecule has 1 aromatic heterocycles. The van der Waals surface area contributed by atoms with Gasteiger partial charge in [0.25, 0.3) is 0 Å². The number of fused-ring (bicyclic) bond motifs is 3. The molecule has 1 fully saturated rings. The van der Waals surface area contributed by atoms with E-state index in [1.54, 1.807) is 18.2 Å². The van der Waals surface area contributed by atoms with E-state index in [1.165, 1.54) is 0 Å². The largest absolute Gasteiger partial charge is 0.472 e. The number of hydrogen-bond donors (Lipinski definition) is 3. The number of aromatic nitrogens is 2. The van der Waals surface area contributed by atoms with Crippen LogP contribution in [0.3, 0.4) is 0 Å². The SMILES string of the molecule is C[C@]1(O)C[C@@](N)(c2ccc(-c3nc4n(c3-c3ccccc3)COc3ccc(C(N)=O)cc3-4)cc2)C1. The lowest BCUT2D eigenvalue weighted by Crippen LogP contribution is -2.58. The van der Waals surface area contributed by atoms with Crippen molar-refractivity contribution >= 4 is 5.91 Å². The average molecular weight is 467 g/mol. The highest BCUT2D eigenvalue weighted by molar-refractivity contribution is 5.95. The zero-order valence-corrected chi connectivity index (χ0v) is 19.4. The number of aliphatic hydroxyl groups is 1. The molecule has 2 aliphatic rings. The van der Waals surface area contributed by atoms with Gasteiger partial charge in [-0.25, -0.2) is 4.98 Å². The maximum absolute atomic E-state index is 11.8. The molecule has 0 saturated heterocycles. The summed E-state index contributed by atoms with van der Waals surface area (Å²) in [5, 5.41) is 10.2. The first kappa shape index (κ1) is 21.6. The Morgan fingerprint density at radius 3 is 2.40 bits per heavy atom. The van der Waals surface area contributed by atoms with Gasteiger partial charge >= 0.3 is 0 Å². The number of amides is 1. The van der Waals surface area contributed by atoms with Gasteiger partial charge < -0.3 is 21.3 Å². The Morgan fingerprint density at radius 2 is 1.74 bits per heavy atom. The monoisotopic (exact) mass is 466 g/mol. The van der Waals surface area contributed by atoms with Crippen molar-refractivity contribution in [3.05, 3.63) is 83.9 Å². The Bertz CT molecular complexity index is 1450. The molecule has 35 heavy (non-hydrogen) atoms. The van der Waals surface area contributed by atoms with Crippen molar-refractivity contribution in [3.8, 4) is 39.7 Å². The van der Waals surface area contributed by atoms with Gasteiger partial charge in [-0.15, -0.1) is 0 Å². The van der Waals surface area contributed by atoms with E-state index in [4.69, 9.17) is 21.2 Å². The zero-order valence-electron chi connectivity index (χ0n) is 19.4. The normalized spacial score (nSPS) is 22.5. The second-order valence-corrected chi connectivity index (χ2v) is 9.86. The molecule has 0 radical (unpaired) electrons. The van der Waals surface area contributed by atoms with Gasteiger partial charge in [-0.05, 0) is 43.5 Å². The summed E-state index contributed by atoms with van der Waals surface area (Å²) < 4.78 is 8.06. The Morgan fingerprint density at radius 1 is 1.03 bits per heavy atom. The summed E-state index contributed by atoms with van der Waals surface area (Å²) in [6.07, 6.45) is 1.06. The van der Waals surface area contributed by atoms with E-state index in [0.29, 0.717) is 30.9 Å². The van der Waals surface area contributed by atoms with Gasteiger partial charge in [-0.3, -0.25) is 9.36 Å². The lowest BCUT2D eigenvalue weighted by atomic mass is 9.63. The maximum Gasteiger partial charge on any atom is 0.248 e. The van der Waals surface area contributed by atoms with Gasteiger partial charge in [0.15, 0.2) is 6.73 Å². The molecule has 1 saturated carbocycles. The van der Waals surface area contributed by atoms with E-state index >= 15 is 0 Å². The fraction of sp³-hybridized carbons (Fsp3) is 0.214.